The SMILES string of the molecule is Fc1ccccc1-n1nc2c(c1Cl)CSC2. The fourth-order valence-electron chi connectivity index (χ4n) is 1.76. The summed E-state index contributed by atoms with van der Waals surface area (Å²) in [5.74, 6) is 1.41. The van der Waals surface area contributed by atoms with Crippen molar-refractivity contribution in [3.63, 3.8) is 0 Å². The van der Waals surface area contributed by atoms with Crippen LogP contribution in [0, 0.1) is 5.82 Å². The van der Waals surface area contributed by atoms with Crippen LogP contribution >= 0.6 is 23.4 Å². The van der Waals surface area contributed by atoms with E-state index in [0.717, 1.165) is 22.8 Å². The Morgan fingerprint density at radius 3 is 2.88 bits per heavy atom. The molecule has 2 nitrogen and oxygen atoms in total. The van der Waals surface area contributed by atoms with Crippen LogP contribution in [0.3, 0.4) is 0 Å². The van der Waals surface area contributed by atoms with Crippen LogP contribution in [0.25, 0.3) is 5.69 Å². The van der Waals surface area contributed by atoms with E-state index in [1.54, 1.807) is 30.0 Å². The molecule has 0 bridgehead atoms. The fourth-order valence-corrected chi connectivity index (χ4v) is 3.18. The molecule has 1 aromatic heterocycles. The molecule has 0 atom stereocenters. The number of para-hydroxylation sites is 1. The second kappa shape index (κ2) is 3.79. The molecule has 0 radical (unpaired) electrons. The normalized spacial score (nSPS) is 14.1. The van der Waals surface area contributed by atoms with Crippen molar-refractivity contribution in [1.82, 2.24) is 9.78 Å². The van der Waals surface area contributed by atoms with Gasteiger partial charge < -0.3 is 0 Å². The Balaban J connectivity index is 2.18. The Morgan fingerprint density at radius 1 is 1.31 bits per heavy atom. The van der Waals surface area contributed by atoms with Gasteiger partial charge >= 0.3 is 0 Å². The van der Waals surface area contributed by atoms with Gasteiger partial charge in [0, 0.05) is 17.1 Å². The molecule has 2 aromatic rings. The standard InChI is InChI=1S/C11H8ClFN2S/c12-11-7-5-16-6-9(7)14-15(11)10-4-2-1-3-8(10)13/h1-4H,5-6H2. The minimum Gasteiger partial charge on any atom is -0.219 e. The molecule has 1 aliphatic heterocycles. The number of aromatic nitrogens is 2. The predicted octanol–water partition coefficient (Wildman–Crippen LogP) is 3.41. The van der Waals surface area contributed by atoms with E-state index in [-0.39, 0.29) is 5.82 Å². The molecule has 0 saturated heterocycles. The van der Waals surface area contributed by atoms with Crippen molar-refractivity contribution < 1.29 is 4.39 Å². The van der Waals surface area contributed by atoms with Crippen molar-refractivity contribution in [3.8, 4) is 5.69 Å². The number of hydrogen-bond acceptors (Lipinski definition) is 2. The molecular weight excluding hydrogens is 247 g/mol. The maximum Gasteiger partial charge on any atom is 0.148 e. The highest BCUT2D eigenvalue weighted by molar-refractivity contribution is 7.98. The van der Waals surface area contributed by atoms with E-state index >= 15 is 0 Å². The maximum absolute atomic E-state index is 13.6. The summed E-state index contributed by atoms with van der Waals surface area (Å²) in [5, 5.41) is 4.88. The zero-order valence-corrected chi connectivity index (χ0v) is 9.85. The minimum atomic E-state index is -0.307. The lowest BCUT2D eigenvalue weighted by molar-refractivity contribution is 0.610. The Bertz CT molecular complexity index is 553. The lowest BCUT2D eigenvalue weighted by atomic mass is 10.3. The summed E-state index contributed by atoms with van der Waals surface area (Å²) in [6.45, 7) is 0. The molecule has 1 aromatic carbocycles. The van der Waals surface area contributed by atoms with Crippen molar-refractivity contribution in [1.29, 1.82) is 0 Å². The van der Waals surface area contributed by atoms with Gasteiger partial charge in [0.05, 0.1) is 5.69 Å². The molecule has 0 amide bonds. The molecule has 0 spiro atoms. The van der Waals surface area contributed by atoms with Crippen molar-refractivity contribution in [3.05, 3.63) is 46.5 Å². The van der Waals surface area contributed by atoms with E-state index in [4.69, 9.17) is 11.6 Å². The molecule has 0 saturated carbocycles. The van der Waals surface area contributed by atoms with Crippen molar-refractivity contribution in [2.45, 2.75) is 11.5 Å². The molecule has 2 heterocycles. The molecule has 5 heteroatoms. The van der Waals surface area contributed by atoms with Gasteiger partial charge in [-0.05, 0) is 12.1 Å². The Hall–Kier alpha value is -1.000. The summed E-state index contributed by atoms with van der Waals surface area (Å²) in [7, 11) is 0. The Kier molecular flexibility index (Phi) is 2.41. The van der Waals surface area contributed by atoms with Gasteiger partial charge in [-0.15, -0.1) is 0 Å². The molecule has 0 N–H and O–H groups in total. The average molecular weight is 255 g/mol. The lowest BCUT2D eigenvalue weighted by Crippen LogP contribution is -2.00. The maximum atomic E-state index is 13.6. The second-order valence-corrected chi connectivity index (χ2v) is 4.92. The van der Waals surface area contributed by atoms with Gasteiger partial charge in [-0.2, -0.15) is 16.9 Å². The van der Waals surface area contributed by atoms with Crippen molar-refractivity contribution >= 4 is 23.4 Å². The van der Waals surface area contributed by atoms with E-state index in [1.807, 2.05) is 0 Å². The van der Waals surface area contributed by atoms with Gasteiger partial charge in [0.1, 0.15) is 16.7 Å². The summed E-state index contributed by atoms with van der Waals surface area (Å²) < 4.78 is 15.1. The van der Waals surface area contributed by atoms with Crippen LogP contribution in [0.4, 0.5) is 4.39 Å². The zero-order chi connectivity index (χ0) is 11.1. The van der Waals surface area contributed by atoms with Gasteiger partial charge in [-0.1, -0.05) is 23.7 Å². The third-order valence-corrected chi connectivity index (χ3v) is 3.93. The van der Waals surface area contributed by atoms with Gasteiger partial charge in [0.15, 0.2) is 0 Å². The van der Waals surface area contributed by atoms with E-state index in [1.165, 1.54) is 10.7 Å². The fraction of sp³-hybridized carbons (Fsp3) is 0.182. The third-order valence-electron chi connectivity index (χ3n) is 2.57. The predicted molar refractivity (Wildman–Crippen MR) is 63.5 cm³/mol. The van der Waals surface area contributed by atoms with Crippen LogP contribution in [-0.4, -0.2) is 9.78 Å². The first-order chi connectivity index (χ1) is 7.77. The number of halogens is 2. The average Bonchev–Trinajstić information content (AvgIpc) is 2.83. The number of hydrogen-bond donors (Lipinski definition) is 0. The van der Waals surface area contributed by atoms with Crippen LogP contribution in [0.1, 0.15) is 11.3 Å². The Morgan fingerprint density at radius 2 is 2.12 bits per heavy atom. The van der Waals surface area contributed by atoms with Crippen LogP contribution in [-0.2, 0) is 11.5 Å². The molecule has 0 unspecified atom stereocenters. The van der Waals surface area contributed by atoms with Crippen LogP contribution < -0.4 is 0 Å². The summed E-state index contributed by atoms with van der Waals surface area (Å²) in [6.07, 6.45) is 0. The largest absolute Gasteiger partial charge is 0.219 e. The number of thioether (sulfide) groups is 1. The van der Waals surface area contributed by atoms with E-state index in [0.29, 0.717) is 10.8 Å². The molecular formula is C11H8ClFN2S. The Labute approximate surface area is 101 Å². The lowest BCUT2D eigenvalue weighted by Gasteiger charge is -2.04. The quantitative estimate of drug-likeness (QED) is 0.776. The minimum absolute atomic E-state index is 0.307. The molecule has 3 rings (SSSR count). The number of benzene rings is 1. The van der Waals surface area contributed by atoms with Crippen LogP contribution in [0.15, 0.2) is 24.3 Å². The molecule has 16 heavy (non-hydrogen) atoms. The first-order valence-corrected chi connectivity index (χ1v) is 6.39. The molecule has 0 fully saturated rings. The molecule has 0 aliphatic carbocycles. The van der Waals surface area contributed by atoms with Gasteiger partial charge in [-0.3, -0.25) is 0 Å². The second-order valence-electron chi connectivity index (χ2n) is 3.57. The summed E-state index contributed by atoms with van der Waals surface area (Å²) in [6, 6.07) is 6.51. The van der Waals surface area contributed by atoms with Crippen LogP contribution in [0.5, 0.6) is 0 Å². The smallest absolute Gasteiger partial charge is 0.148 e. The zero-order valence-electron chi connectivity index (χ0n) is 8.28. The first kappa shape index (κ1) is 10.2. The molecule has 82 valence electrons. The highest BCUT2D eigenvalue weighted by Crippen LogP contribution is 2.35. The molecule has 1 aliphatic rings. The highest BCUT2D eigenvalue weighted by atomic mass is 35.5. The monoisotopic (exact) mass is 254 g/mol. The third kappa shape index (κ3) is 1.44. The van der Waals surface area contributed by atoms with Gasteiger partial charge in [0.2, 0.25) is 0 Å². The summed E-state index contributed by atoms with van der Waals surface area (Å²) in [4.78, 5) is 0. The van der Waals surface area contributed by atoms with Gasteiger partial charge in [0.25, 0.3) is 0 Å². The van der Waals surface area contributed by atoms with Crippen LogP contribution in [0.2, 0.25) is 5.15 Å². The number of rotatable bonds is 1. The summed E-state index contributed by atoms with van der Waals surface area (Å²) >= 11 is 7.97. The number of nitrogens with zero attached hydrogens (tertiary/aromatic N) is 2. The van der Waals surface area contributed by atoms with E-state index < -0.39 is 0 Å². The van der Waals surface area contributed by atoms with Gasteiger partial charge in [-0.25, -0.2) is 9.07 Å². The summed E-state index contributed by atoms with van der Waals surface area (Å²) in [5.41, 5.74) is 2.42. The van der Waals surface area contributed by atoms with E-state index in [2.05, 4.69) is 5.10 Å². The van der Waals surface area contributed by atoms with Crippen molar-refractivity contribution in [2.75, 3.05) is 0 Å². The topological polar surface area (TPSA) is 17.8 Å². The number of fused-ring (bicyclic) bond motifs is 1. The highest BCUT2D eigenvalue weighted by Gasteiger charge is 2.22. The first-order valence-electron chi connectivity index (χ1n) is 4.86. The van der Waals surface area contributed by atoms with E-state index in [9.17, 15) is 4.39 Å². The van der Waals surface area contributed by atoms with Crippen molar-refractivity contribution in [2.24, 2.45) is 0 Å².